The molecular formula is C26H30Cl2N2O4. The maximum absolute atomic E-state index is 13.0. The molecule has 2 aromatic rings. The first-order chi connectivity index (χ1) is 16.2. The van der Waals surface area contributed by atoms with Crippen molar-refractivity contribution in [2.45, 2.75) is 50.2 Å². The number of nitrogens with zero attached hydrogens (tertiary/aromatic N) is 1. The van der Waals surface area contributed by atoms with Crippen molar-refractivity contribution in [3.05, 3.63) is 63.6 Å². The summed E-state index contributed by atoms with van der Waals surface area (Å²) in [4.78, 5) is 27.2. The number of amides is 1. The Bertz CT molecular complexity index is 1080. The molecule has 0 aromatic heterocycles. The van der Waals surface area contributed by atoms with Crippen LogP contribution in [0.5, 0.6) is 5.75 Å². The highest BCUT2D eigenvalue weighted by atomic mass is 35.5. The van der Waals surface area contributed by atoms with Gasteiger partial charge in [0.15, 0.2) is 0 Å². The molecule has 2 N–H and O–H groups in total. The number of phenolic OH excluding ortho intramolecular Hbond substituents is 1. The SMILES string of the molecule is CC(=O)OC1C[C@@H](NC(=O)Cc2ccc(Cl)c(Cl)c2)C[C@]2(c3cccc(O)c3)CCN(C)C[C@@H]12. The second kappa shape index (κ2) is 10.1. The average molecular weight is 505 g/mol. The van der Waals surface area contributed by atoms with Gasteiger partial charge in [0, 0.05) is 37.3 Å². The molecule has 0 radical (unpaired) electrons. The lowest BCUT2D eigenvalue weighted by Crippen LogP contribution is -2.61. The van der Waals surface area contributed by atoms with Crippen molar-refractivity contribution in [3.63, 3.8) is 0 Å². The van der Waals surface area contributed by atoms with E-state index in [1.165, 1.54) is 6.92 Å². The monoisotopic (exact) mass is 504 g/mol. The van der Waals surface area contributed by atoms with Gasteiger partial charge >= 0.3 is 5.97 Å². The standard InChI is InChI=1S/C26H30Cl2N2O4/c1-16(31)34-24-13-19(29-25(33)11-17-6-7-22(27)23(28)10-17)14-26(8-9-30(2)15-21(24)26)18-4-3-5-20(32)12-18/h3-7,10,12,19,21,24,32H,8-9,11,13-15H2,1-2H3,(H,29,33)/t19-,21+,24?,26+/m1/s1. The van der Waals surface area contributed by atoms with Crippen molar-refractivity contribution >= 4 is 35.1 Å². The summed E-state index contributed by atoms with van der Waals surface area (Å²) in [5.41, 5.74) is 1.47. The van der Waals surface area contributed by atoms with E-state index in [9.17, 15) is 14.7 Å². The van der Waals surface area contributed by atoms with Gasteiger partial charge in [-0.1, -0.05) is 41.4 Å². The molecule has 2 fully saturated rings. The van der Waals surface area contributed by atoms with E-state index < -0.39 is 0 Å². The van der Waals surface area contributed by atoms with Gasteiger partial charge in [0.1, 0.15) is 11.9 Å². The number of piperidine rings is 1. The Morgan fingerprint density at radius 2 is 2.00 bits per heavy atom. The zero-order chi connectivity index (χ0) is 24.5. The number of carbonyl (C=O) groups is 2. The van der Waals surface area contributed by atoms with E-state index in [1.807, 2.05) is 18.2 Å². The fourth-order valence-electron chi connectivity index (χ4n) is 5.73. The van der Waals surface area contributed by atoms with E-state index in [0.29, 0.717) is 22.9 Å². The lowest BCUT2D eigenvalue weighted by molar-refractivity contribution is -0.157. The second-order valence-electron chi connectivity index (χ2n) is 9.60. The van der Waals surface area contributed by atoms with E-state index in [2.05, 4.69) is 17.3 Å². The van der Waals surface area contributed by atoms with Gasteiger partial charge in [-0.25, -0.2) is 0 Å². The van der Waals surface area contributed by atoms with Gasteiger partial charge in [0.05, 0.1) is 16.5 Å². The first-order valence-electron chi connectivity index (χ1n) is 11.5. The number of phenols is 1. The summed E-state index contributed by atoms with van der Waals surface area (Å²) >= 11 is 12.1. The van der Waals surface area contributed by atoms with Crippen molar-refractivity contribution in [1.82, 2.24) is 10.2 Å². The van der Waals surface area contributed by atoms with Gasteiger partial charge in [-0.15, -0.1) is 0 Å². The fourth-order valence-corrected chi connectivity index (χ4v) is 6.05. The zero-order valence-electron chi connectivity index (χ0n) is 19.4. The summed E-state index contributed by atoms with van der Waals surface area (Å²) in [5.74, 6) is -0.187. The van der Waals surface area contributed by atoms with E-state index >= 15 is 0 Å². The number of likely N-dealkylation sites (tertiary alicyclic amines) is 1. The van der Waals surface area contributed by atoms with E-state index in [1.54, 1.807) is 24.3 Å². The van der Waals surface area contributed by atoms with Crippen molar-refractivity contribution in [1.29, 1.82) is 0 Å². The van der Waals surface area contributed by atoms with Crippen molar-refractivity contribution in [2.24, 2.45) is 5.92 Å². The molecule has 0 spiro atoms. The first-order valence-corrected chi connectivity index (χ1v) is 12.3. The zero-order valence-corrected chi connectivity index (χ0v) is 20.9. The molecule has 4 atom stereocenters. The quantitative estimate of drug-likeness (QED) is 0.592. The molecule has 1 saturated carbocycles. The van der Waals surface area contributed by atoms with Crippen LogP contribution in [-0.2, 0) is 26.2 Å². The molecular weight excluding hydrogens is 475 g/mol. The van der Waals surface area contributed by atoms with E-state index in [-0.39, 0.29) is 47.5 Å². The molecule has 1 aliphatic carbocycles. The van der Waals surface area contributed by atoms with Gasteiger partial charge in [-0.05, 0) is 61.8 Å². The van der Waals surface area contributed by atoms with Gasteiger partial charge < -0.3 is 20.1 Å². The topological polar surface area (TPSA) is 78.9 Å². The number of rotatable bonds is 5. The van der Waals surface area contributed by atoms with Crippen LogP contribution in [0.25, 0.3) is 0 Å². The Kier molecular flexibility index (Phi) is 7.41. The summed E-state index contributed by atoms with van der Waals surface area (Å²) in [6.45, 7) is 3.08. The molecule has 0 bridgehead atoms. The van der Waals surface area contributed by atoms with Gasteiger partial charge in [-0.2, -0.15) is 0 Å². The molecule has 182 valence electrons. The third-order valence-corrected chi connectivity index (χ3v) is 7.93. The summed E-state index contributed by atoms with van der Waals surface area (Å²) in [6.07, 6.45) is 1.93. The molecule has 1 heterocycles. The number of benzene rings is 2. The maximum Gasteiger partial charge on any atom is 0.302 e. The Labute approximate surface area is 210 Å². The number of fused-ring (bicyclic) bond motifs is 1. The number of nitrogens with one attached hydrogen (secondary N) is 1. The third kappa shape index (κ3) is 5.35. The number of esters is 1. The predicted molar refractivity (Wildman–Crippen MR) is 132 cm³/mol. The molecule has 1 amide bonds. The molecule has 2 aliphatic rings. The summed E-state index contributed by atoms with van der Waals surface area (Å²) in [6, 6.07) is 12.3. The number of hydrogen-bond donors (Lipinski definition) is 2. The summed E-state index contributed by atoms with van der Waals surface area (Å²) in [5, 5.41) is 14.3. The number of ether oxygens (including phenoxy) is 1. The third-order valence-electron chi connectivity index (χ3n) is 7.19. The highest BCUT2D eigenvalue weighted by molar-refractivity contribution is 6.42. The summed E-state index contributed by atoms with van der Waals surface area (Å²) < 4.78 is 5.83. The largest absolute Gasteiger partial charge is 0.508 e. The number of aromatic hydroxyl groups is 1. The fraction of sp³-hybridized carbons (Fsp3) is 0.462. The molecule has 2 aromatic carbocycles. The lowest BCUT2D eigenvalue weighted by Gasteiger charge is -2.55. The second-order valence-corrected chi connectivity index (χ2v) is 10.4. The highest BCUT2D eigenvalue weighted by Crippen LogP contribution is 2.50. The van der Waals surface area contributed by atoms with Crippen LogP contribution in [0.3, 0.4) is 0 Å². The molecule has 1 unspecified atom stereocenters. The van der Waals surface area contributed by atoms with E-state index in [4.69, 9.17) is 27.9 Å². The molecule has 34 heavy (non-hydrogen) atoms. The lowest BCUT2D eigenvalue weighted by atomic mass is 9.57. The summed E-state index contributed by atoms with van der Waals surface area (Å²) in [7, 11) is 2.07. The maximum atomic E-state index is 13.0. The first kappa shape index (κ1) is 24.8. The number of hydrogen-bond acceptors (Lipinski definition) is 5. The Morgan fingerprint density at radius 3 is 2.71 bits per heavy atom. The van der Waals surface area contributed by atoms with Crippen LogP contribution in [0.15, 0.2) is 42.5 Å². The van der Waals surface area contributed by atoms with Crippen LogP contribution < -0.4 is 5.32 Å². The van der Waals surface area contributed by atoms with Crippen molar-refractivity contribution in [3.8, 4) is 5.75 Å². The van der Waals surface area contributed by atoms with Gasteiger partial charge in [-0.3, -0.25) is 9.59 Å². The van der Waals surface area contributed by atoms with Crippen LogP contribution in [0.2, 0.25) is 10.0 Å². The Balaban J connectivity index is 1.61. The minimum absolute atomic E-state index is 0.0557. The van der Waals surface area contributed by atoms with Crippen molar-refractivity contribution in [2.75, 3.05) is 20.1 Å². The predicted octanol–water partition coefficient (Wildman–Crippen LogP) is 4.34. The smallest absolute Gasteiger partial charge is 0.302 e. The van der Waals surface area contributed by atoms with E-state index in [0.717, 1.165) is 30.6 Å². The van der Waals surface area contributed by atoms with Crippen LogP contribution >= 0.6 is 23.2 Å². The van der Waals surface area contributed by atoms with Crippen LogP contribution in [-0.4, -0.2) is 54.2 Å². The molecule has 1 saturated heterocycles. The number of halogens is 2. The van der Waals surface area contributed by atoms with Crippen LogP contribution in [0.1, 0.15) is 37.3 Å². The molecule has 1 aliphatic heterocycles. The van der Waals surface area contributed by atoms with Crippen LogP contribution in [0, 0.1) is 5.92 Å². The molecule has 8 heteroatoms. The minimum Gasteiger partial charge on any atom is -0.508 e. The van der Waals surface area contributed by atoms with Crippen LogP contribution in [0.4, 0.5) is 0 Å². The molecule has 6 nitrogen and oxygen atoms in total. The Hall–Kier alpha value is -2.28. The normalized spacial score (nSPS) is 27.0. The minimum atomic E-state index is -0.341. The molecule has 4 rings (SSSR count). The highest BCUT2D eigenvalue weighted by Gasteiger charge is 2.53. The number of carbonyl (C=O) groups excluding carboxylic acids is 2. The van der Waals surface area contributed by atoms with Gasteiger partial charge in [0.2, 0.25) is 5.91 Å². The van der Waals surface area contributed by atoms with Crippen molar-refractivity contribution < 1.29 is 19.4 Å². The van der Waals surface area contributed by atoms with Gasteiger partial charge in [0.25, 0.3) is 0 Å². The Morgan fingerprint density at radius 1 is 1.21 bits per heavy atom. The average Bonchev–Trinajstić information content (AvgIpc) is 2.76.